The summed E-state index contributed by atoms with van der Waals surface area (Å²) in [7, 11) is 3.35. The third-order valence-corrected chi connectivity index (χ3v) is 4.45. The first kappa shape index (κ1) is 19.9. The molecule has 2 rings (SSSR count). The molecule has 0 spiro atoms. The van der Waals surface area contributed by atoms with Gasteiger partial charge < -0.3 is 14.4 Å². The van der Waals surface area contributed by atoms with Gasteiger partial charge in [-0.2, -0.15) is 0 Å². The van der Waals surface area contributed by atoms with Crippen LogP contribution >= 0.6 is 11.6 Å². The maximum atomic E-state index is 12.5. The Morgan fingerprint density at radius 2 is 1.96 bits per heavy atom. The number of hydrogen-bond acceptors (Lipinski definition) is 3. The zero-order chi connectivity index (χ0) is 19.1. The van der Waals surface area contributed by atoms with E-state index in [-0.39, 0.29) is 11.9 Å². The van der Waals surface area contributed by atoms with Crippen LogP contribution in [-0.4, -0.2) is 31.6 Å². The van der Waals surface area contributed by atoms with Crippen LogP contribution < -0.4 is 9.47 Å². The van der Waals surface area contributed by atoms with E-state index < -0.39 is 0 Å². The van der Waals surface area contributed by atoms with Gasteiger partial charge in [-0.05, 0) is 43.2 Å². The maximum absolute atomic E-state index is 12.5. The fraction of sp³-hybridized carbons (Fsp3) is 0.286. The summed E-state index contributed by atoms with van der Waals surface area (Å²) in [6.07, 6.45) is 3.26. The molecular weight excluding hydrogens is 350 g/mol. The lowest BCUT2D eigenvalue weighted by atomic mass is 10.1. The van der Waals surface area contributed by atoms with Gasteiger partial charge in [-0.15, -0.1) is 0 Å². The van der Waals surface area contributed by atoms with Crippen molar-refractivity contribution in [1.29, 1.82) is 0 Å². The van der Waals surface area contributed by atoms with Crippen LogP contribution in [0, 0.1) is 0 Å². The number of hydrogen-bond donors (Lipinski definition) is 0. The predicted molar refractivity (Wildman–Crippen MR) is 106 cm³/mol. The first-order valence-electron chi connectivity index (χ1n) is 8.48. The minimum atomic E-state index is -0.0923. The number of carbonyl (C=O) groups is 1. The molecule has 0 aliphatic carbocycles. The number of halogens is 1. The Morgan fingerprint density at radius 1 is 1.27 bits per heavy atom. The Hall–Kier alpha value is -2.46. The quantitative estimate of drug-likeness (QED) is 0.642. The molecule has 1 amide bonds. The number of nitrogens with zero attached hydrogens (tertiary/aromatic N) is 1. The second-order valence-corrected chi connectivity index (χ2v) is 6.24. The van der Waals surface area contributed by atoms with Crippen LogP contribution in [0.4, 0.5) is 0 Å². The maximum Gasteiger partial charge on any atom is 0.246 e. The van der Waals surface area contributed by atoms with Gasteiger partial charge in [0.05, 0.1) is 24.8 Å². The van der Waals surface area contributed by atoms with Gasteiger partial charge in [-0.25, -0.2) is 0 Å². The van der Waals surface area contributed by atoms with E-state index in [0.717, 1.165) is 11.1 Å². The van der Waals surface area contributed by atoms with Crippen LogP contribution in [0.1, 0.15) is 31.0 Å². The molecular formula is C21H24ClNO3. The van der Waals surface area contributed by atoms with E-state index in [1.54, 1.807) is 37.3 Å². The smallest absolute Gasteiger partial charge is 0.246 e. The zero-order valence-electron chi connectivity index (χ0n) is 15.5. The Kier molecular flexibility index (Phi) is 7.10. The van der Waals surface area contributed by atoms with E-state index >= 15 is 0 Å². The summed E-state index contributed by atoms with van der Waals surface area (Å²) in [6, 6.07) is 13.4. The Balaban J connectivity index is 2.15. The molecule has 0 unspecified atom stereocenters. The summed E-state index contributed by atoms with van der Waals surface area (Å²) in [5.74, 6) is 0.956. The second kappa shape index (κ2) is 9.30. The molecule has 138 valence electrons. The highest BCUT2D eigenvalue weighted by molar-refractivity contribution is 6.32. The number of amides is 1. The average Bonchev–Trinajstić information content (AvgIpc) is 2.67. The minimum absolute atomic E-state index is 0.0215. The van der Waals surface area contributed by atoms with Crippen LogP contribution in [0.15, 0.2) is 48.5 Å². The molecule has 0 saturated carbocycles. The summed E-state index contributed by atoms with van der Waals surface area (Å²) in [5, 5.41) is 0.448. The first-order chi connectivity index (χ1) is 12.5. The van der Waals surface area contributed by atoms with E-state index in [1.807, 2.05) is 44.2 Å². The minimum Gasteiger partial charge on any atom is -0.493 e. The van der Waals surface area contributed by atoms with Crippen LogP contribution in [-0.2, 0) is 4.79 Å². The third kappa shape index (κ3) is 4.79. The molecule has 0 aliphatic rings. The topological polar surface area (TPSA) is 38.8 Å². The molecule has 4 nitrogen and oxygen atoms in total. The lowest BCUT2D eigenvalue weighted by molar-refractivity contribution is -0.126. The summed E-state index contributed by atoms with van der Waals surface area (Å²) >= 11 is 6.27. The lowest BCUT2D eigenvalue weighted by Gasteiger charge is -2.24. The second-order valence-electron chi connectivity index (χ2n) is 5.84. The van der Waals surface area contributed by atoms with Crippen molar-refractivity contribution in [3.63, 3.8) is 0 Å². The van der Waals surface area contributed by atoms with Gasteiger partial charge in [-0.1, -0.05) is 41.9 Å². The molecule has 1 atom stereocenters. The van der Waals surface area contributed by atoms with E-state index in [9.17, 15) is 4.79 Å². The molecule has 0 aliphatic heterocycles. The van der Waals surface area contributed by atoms with E-state index in [0.29, 0.717) is 23.1 Å². The van der Waals surface area contributed by atoms with Gasteiger partial charge in [0.2, 0.25) is 5.91 Å². The highest BCUT2D eigenvalue weighted by Crippen LogP contribution is 2.36. The Bertz CT molecular complexity index is 774. The van der Waals surface area contributed by atoms with Crippen LogP contribution in [0.25, 0.3) is 6.08 Å². The molecule has 26 heavy (non-hydrogen) atoms. The fourth-order valence-corrected chi connectivity index (χ4v) is 2.83. The van der Waals surface area contributed by atoms with Gasteiger partial charge >= 0.3 is 0 Å². The van der Waals surface area contributed by atoms with E-state index in [2.05, 4.69) is 0 Å². The SMILES string of the molecule is CCOc1c(Cl)cc(/C=C/C(=O)N(C)[C@H](C)c2ccccc2)cc1OC. The summed E-state index contributed by atoms with van der Waals surface area (Å²) in [4.78, 5) is 14.2. The summed E-state index contributed by atoms with van der Waals surface area (Å²) in [6.45, 7) is 4.37. The van der Waals surface area contributed by atoms with Crippen molar-refractivity contribution >= 4 is 23.6 Å². The fourth-order valence-electron chi connectivity index (χ4n) is 2.55. The summed E-state index contributed by atoms with van der Waals surface area (Å²) < 4.78 is 10.8. The van der Waals surface area contributed by atoms with Crippen molar-refractivity contribution in [2.75, 3.05) is 20.8 Å². The first-order valence-corrected chi connectivity index (χ1v) is 8.85. The molecule has 0 saturated heterocycles. The molecule has 0 fully saturated rings. The lowest BCUT2D eigenvalue weighted by Crippen LogP contribution is -2.27. The van der Waals surface area contributed by atoms with Crippen molar-refractivity contribution in [3.05, 3.63) is 64.7 Å². The molecule has 5 heteroatoms. The molecule has 0 aromatic heterocycles. The number of rotatable bonds is 7. The number of carbonyl (C=O) groups excluding carboxylic acids is 1. The number of likely N-dealkylation sites (N-methyl/N-ethyl adjacent to an activating group) is 1. The number of ether oxygens (including phenoxy) is 2. The van der Waals surface area contributed by atoms with Crippen molar-refractivity contribution in [1.82, 2.24) is 4.90 Å². The third-order valence-electron chi connectivity index (χ3n) is 4.17. The van der Waals surface area contributed by atoms with Crippen molar-refractivity contribution in [3.8, 4) is 11.5 Å². The van der Waals surface area contributed by atoms with Gasteiger partial charge in [0.1, 0.15) is 0 Å². The number of methoxy groups -OCH3 is 1. The van der Waals surface area contributed by atoms with Crippen molar-refractivity contribution < 1.29 is 14.3 Å². The Morgan fingerprint density at radius 3 is 2.58 bits per heavy atom. The van der Waals surface area contributed by atoms with Gasteiger partial charge in [-0.3, -0.25) is 4.79 Å². The molecule has 2 aromatic carbocycles. The molecule has 0 radical (unpaired) electrons. The van der Waals surface area contributed by atoms with Gasteiger partial charge in [0.15, 0.2) is 11.5 Å². The van der Waals surface area contributed by atoms with Crippen molar-refractivity contribution in [2.45, 2.75) is 19.9 Å². The normalized spacial score (nSPS) is 12.0. The summed E-state index contributed by atoms with van der Waals surface area (Å²) in [5.41, 5.74) is 1.85. The highest BCUT2D eigenvalue weighted by atomic mass is 35.5. The van der Waals surface area contributed by atoms with E-state index in [1.165, 1.54) is 6.08 Å². The van der Waals surface area contributed by atoms with Crippen LogP contribution in [0.2, 0.25) is 5.02 Å². The van der Waals surface area contributed by atoms with Crippen molar-refractivity contribution in [2.24, 2.45) is 0 Å². The molecule has 0 N–H and O–H groups in total. The van der Waals surface area contributed by atoms with Crippen LogP contribution in [0.3, 0.4) is 0 Å². The Labute approximate surface area is 160 Å². The van der Waals surface area contributed by atoms with Gasteiger partial charge in [0.25, 0.3) is 0 Å². The molecule has 2 aromatic rings. The standard InChI is InChI=1S/C21H24ClNO3/c1-5-26-21-18(22)13-16(14-19(21)25-4)11-12-20(24)23(3)15(2)17-9-7-6-8-10-17/h6-15H,5H2,1-4H3/b12-11+/t15-/m1/s1. The predicted octanol–water partition coefficient (Wildman–Crippen LogP) is 4.98. The molecule has 0 bridgehead atoms. The van der Waals surface area contributed by atoms with Crippen LogP contribution in [0.5, 0.6) is 11.5 Å². The monoisotopic (exact) mass is 373 g/mol. The zero-order valence-corrected chi connectivity index (χ0v) is 16.3. The highest BCUT2D eigenvalue weighted by Gasteiger charge is 2.15. The number of benzene rings is 2. The molecule has 0 heterocycles. The van der Waals surface area contributed by atoms with E-state index in [4.69, 9.17) is 21.1 Å². The average molecular weight is 374 g/mol. The van der Waals surface area contributed by atoms with Gasteiger partial charge in [0, 0.05) is 13.1 Å². The largest absolute Gasteiger partial charge is 0.493 e.